The Morgan fingerprint density at radius 3 is 2.65 bits per heavy atom. The lowest BCUT2D eigenvalue weighted by Gasteiger charge is -2.18. The van der Waals surface area contributed by atoms with Gasteiger partial charge in [0.1, 0.15) is 0 Å². The van der Waals surface area contributed by atoms with Crippen molar-refractivity contribution in [2.45, 2.75) is 12.5 Å². The SMILES string of the molecule is COc1cc(Cl)c(C2CC(C(=O)O)CN2)c(O)c1OC. The molecule has 1 saturated heterocycles. The van der Waals surface area contributed by atoms with Gasteiger partial charge in [0, 0.05) is 24.2 Å². The number of carboxylic acids is 1. The molecule has 1 aliphatic heterocycles. The van der Waals surface area contributed by atoms with Gasteiger partial charge in [-0.15, -0.1) is 0 Å². The molecule has 0 aliphatic carbocycles. The van der Waals surface area contributed by atoms with Crippen molar-refractivity contribution in [2.75, 3.05) is 20.8 Å². The van der Waals surface area contributed by atoms with E-state index in [1.165, 1.54) is 14.2 Å². The van der Waals surface area contributed by atoms with E-state index in [1.54, 1.807) is 6.07 Å². The maximum absolute atomic E-state index is 11.0. The van der Waals surface area contributed by atoms with Crippen LogP contribution in [0.4, 0.5) is 0 Å². The van der Waals surface area contributed by atoms with Gasteiger partial charge in [0.05, 0.1) is 25.2 Å². The first-order valence-corrected chi connectivity index (χ1v) is 6.46. The van der Waals surface area contributed by atoms with Crippen LogP contribution < -0.4 is 14.8 Å². The van der Waals surface area contributed by atoms with Crippen molar-refractivity contribution >= 4 is 17.6 Å². The summed E-state index contributed by atoms with van der Waals surface area (Å²) < 4.78 is 10.2. The number of hydrogen-bond donors (Lipinski definition) is 3. The Hall–Kier alpha value is -1.66. The van der Waals surface area contributed by atoms with Crippen LogP contribution in [0.25, 0.3) is 0 Å². The van der Waals surface area contributed by atoms with E-state index in [1.807, 2.05) is 0 Å². The molecular weight excluding hydrogens is 286 g/mol. The van der Waals surface area contributed by atoms with Crippen LogP contribution in [-0.4, -0.2) is 36.9 Å². The van der Waals surface area contributed by atoms with Crippen LogP contribution in [0.15, 0.2) is 6.07 Å². The number of aromatic hydroxyl groups is 1. The Balaban J connectivity index is 2.40. The van der Waals surface area contributed by atoms with Crippen LogP contribution in [0.1, 0.15) is 18.0 Å². The first-order valence-electron chi connectivity index (χ1n) is 6.09. The van der Waals surface area contributed by atoms with Gasteiger partial charge < -0.3 is 25.0 Å². The fourth-order valence-electron chi connectivity index (χ4n) is 2.43. The molecule has 0 amide bonds. The molecule has 110 valence electrons. The zero-order valence-corrected chi connectivity index (χ0v) is 11.9. The van der Waals surface area contributed by atoms with Gasteiger partial charge in [-0.2, -0.15) is 0 Å². The molecular formula is C13H16ClNO5. The highest BCUT2D eigenvalue weighted by Crippen LogP contribution is 2.47. The fourth-order valence-corrected chi connectivity index (χ4v) is 2.75. The summed E-state index contributed by atoms with van der Waals surface area (Å²) in [6.45, 7) is 0.337. The van der Waals surface area contributed by atoms with Gasteiger partial charge in [0.15, 0.2) is 11.5 Å². The van der Waals surface area contributed by atoms with E-state index < -0.39 is 11.9 Å². The molecule has 0 spiro atoms. The zero-order valence-electron chi connectivity index (χ0n) is 11.1. The molecule has 2 atom stereocenters. The number of carbonyl (C=O) groups is 1. The van der Waals surface area contributed by atoms with E-state index in [-0.39, 0.29) is 17.5 Å². The summed E-state index contributed by atoms with van der Waals surface area (Å²) in [4.78, 5) is 11.0. The third kappa shape index (κ3) is 2.48. The molecule has 1 fully saturated rings. The van der Waals surface area contributed by atoms with Crippen molar-refractivity contribution < 1.29 is 24.5 Å². The highest BCUT2D eigenvalue weighted by atomic mass is 35.5. The molecule has 7 heteroatoms. The largest absolute Gasteiger partial charge is 0.504 e. The molecule has 6 nitrogen and oxygen atoms in total. The summed E-state index contributed by atoms with van der Waals surface area (Å²) in [6.07, 6.45) is 0.359. The summed E-state index contributed by atoms with van der Waals surface area (Å²) in [5.74, 6) is -0.973. The lowest BCUT2D eigenvalue weighted by Crippen LogP contribution is -2.17. The predicted molar refractivity (Wildman–Crippen MR) is 72.7 cm³/mol. The van der Waals surface area contributed by atoms with Crippen molar-refractivity contribution in [2.24, 2.45) is 5.92 Å². The number of hydrogen-bond acceptors (Lipinski definition) is 5. The van der Waals surface area contributed by atoms with E-state index in [0.717, 1.165) is 0 Å². The monoisotopic (exact) mass is 301 g/mol. The van der Waals surface area contributed by atoms with Gasteiger partial charge in [0.25, 0.3) is 0 Å². The molecule has 1 heterocycles. The standard InChI is InChI=1S/C13H16ClNO5/c1-19-9-4-7(14)10(11(16)12(9)20-2)8-3-6(5-15-8)13(17)18/h4,6,8,15-16H,3,5H2,1-2H3,(H,17,18). The average molecular weight is 302 g/mol. The Morgan fingerprint density at radius 1 is 1.45 bits per heavy atom. The normalized spacial score (nSPS) is 21.8. The molecule has 0 saturated carbocycles. The number of rotatable bonds is 4. The van der Waals surface area contributed by atoms with E-state index >= 15 is 0 Å². The van der Waals surface area contributed by atoms with E-state index in [9.17, 15) is 9.90 Å². The number of carboxylic acid groups (broad SMARTS) is 1. The van der Waals surface area contributed by atoms with Crippen LogP contribution in [0.5, 0.6) is 17.2 Å². The van der Waals surface area contributed by atoms with Gasteiger partial charge in [-0.05, 0) is 6.42 Å². The Morgan fingerprint density at radius 2 is 2.15 bits per heavy atom. The number of aliphatic carboxylic acids is 1. The van der Waals surface area contributed by atoms with Crippen LogP contribution in [0.2, 0.25) is 5.02 Å². The fraction of sp³-hybridized carbons (Fsp3) is 0.462. The van der Waals surface area contributed by atoms with Crippen LogP contribution in [0, 0.1) is 5.92 Å². The first-order chi connectivity index (χ1) is 9.49. The van der Waals surface area contributed by atoms with Crippen molar-refractivity contribution in [1.82, 2.24) is 5.32 Å². The van der Waals surface area contributed by atoms with E-state index in [4.69, 9.17) is 26.2 Å². The third-order valence-corrected chi connectivity index (χ3v) is 3.77. The number of halogens is 1. The van der Waals surface area contributed by atoms with Crippen molar-refractivity contribution in [3.63, 3.8) is 0 Å². The maximum Gasteiger partial charge on any atom is 0.307 e. The molecule has 1 aliphatic rings. The number of ether oxygens (including phenoxy) is 2. The number of methoxy groups -OCH3 is 2. The number of nitrogens with one attached hydrogen (secondary N) is 1. The quantitative estimate of drug-likeness (QED) is 0.786. The highest BCUT2D eigenvalue weighted by Gasteiger charge is 2.34. The lowest BCUT2D eigenvalue weighted by atomic mass is 9.98. The zero-order chi connectivity index (χ0) is 14.9. The molecule has 20 heavy (non-hydrogen) atoms. The number of phenols is 1. The van der Waals surface area contributed by atoms with Gasteiger partial charge >= 0.3 is 5.97 Å². The van der Waals surface area contributed by atoms with Crippen molar-refractivity contribution in [1.29, 1.82) is 0 Å². The predicted octanol–water partition coefficient (Wildman–Crippen LogP) is 1.80. The molecule has 1 aromatic carbocycles. The second-order valence-electron chi connectivity index (χ2n) is 4.59. The lowest BCUT2D eigenvalue weighted by molar-refractivity contribution is -0.141. The van der Waals surface area contributed by atoms with Gasteiger partial charge in [0.2, 0.25) is 5.75 Å². The third-order valence-electron chi connectivity index (χ3n) is 3.46. The Kier molecular flexibility index (Phi) is 4.25. The smallest absolute Gasteiger partial charge is 0.307 e. The number of phenolic OH excluding ortho intramolecular Hbond substituents is 1. The van der Waals surface area contributed by atoms with Crippen LogP contribution in [0.3, 0.4) is 0 Å². The maximum atomic E-state index is 11.0. The van der Waals surface area contributed by atoms with Gasteiger partial charge in [-0.1, -0.05) is 11.6 Å². The summed E-state index contributed by atoms with van der Waals surface area (Å²) in [5, 5.41) is 22.7. The summed E-state index contributed by atoms with van der Waals surface area (Å²) in [6, 6.07) is 1.22. The topological polar surface area (TPSA) is 88.0 Å². The van der Waals surface area contributed by atoms with Crippen molar-refractivity contribution in [3.8, 4) is 17.2 Å². The minimum atomic E-state index is -0.865. The van der Waals surface area contributed by atoms with E-state index in [2.05, 4.69) is 5.32 Å². The molecule has 1 aromatic rings. The van der Waals surface area contributed by atoms with Gasteiger partial charge in [-0.25, -0.2) is 0 Å². The minimum absolute atomic E-state index is 0.125. The van der Waals surface area contributed by atoms with Gasteiger partial charge in [-0.3, -0.25) is 4.79 Å². The molecule has 0 radical (unpaired) electrons. The second kappa shape index (κ2) is 5.76. The summed E-state index contributed by atoms with van der Waals surface area (Å²) >= 11 is 6.17. The Labute approximate surface area is 121 Å². The summed E-state index contributed by atoms with van der Waals surface area (Å²) in [5.41, 5.74) is 0.438. The van der Waals surface area contributed by atoms with Crippen LogP contribution in [-0.2, 0) is 4.79 Å². The highest BCUT2D eigenvalue weighted by molar-refractivity contribution is 6.32. The summed E-state index contributed by atoms with van der Waals surface area (Å²) in [7, 11) is 2.86. The number of benzene rings is 1. The first kappa shape index (κ1) is 14.7. The van der Waals surface area contributed by atoms with Crippen LogP contribution >= 0.6 is 11.6 Å². The molecule has 2 rings (SSSR count). The molecule has 0 aromatic heterocycles. The minimum Gasteiger partial charge on any atom is -0.504 e. The van der Waals surface area contributed by atoms with E-state index in [0.29, 0.717) is 29.3 Å². The molecule has 3 N–H and O–H groups in total. The molecule has 0 bridgehead atoms. The van der Waals surface area contributed by atoms with Crippen molar-refractivity contribution in [3.05, 3.63) is 16.7 Å². The second-order valence-corrected chi connectivity index (χ2v) is 5.00. The molecule has 2 unspecified atom stereocenters. The average Bonchev–Trinajstić information content (AvgIpc) is 2.87. The Bertz CT molecular complexity index is 534.